The Morgan fingerprint density at radius 3 is 2.85 bits per heavy atom. The molecule has 0 spiro atoms. The average molecular weight is 276 g/mol. The van der Waals surface area contributed by atoms with Crippen molar-refractivity contribution in [2.24, 2.45) is 5.92 Å². The van der Waals surface area contributed by atoms with Crippen LogP contribution < -0.4 is 10.2 Å². The number of carboxylic acid groups (broad SMARTS) is 1. The lowest BCUT2D eigenvalue weighted by Gasteiger charge is -2.29. The summed E-state index contributed by atoms with van der Waals surface area (Å²) in [5, 5.41) is 12.4. The third-order valence-electron chi connectivity index (χ3n) is 4.13. The second-order valence-electron chi connectivity index (χ2n) is 5.43. The number of hydrogen-bond acceptors (Lipinski definition) is 4. The average Bonchev–Trinajstić information content (AvgIpc) is 2.98. The quantitative estimate of drug-likeness (QED) is 0.870. The van der Waals surface area contributed by atoms with Crippen molar-refractivity contribution < 1.29 is 14.6 Å². The van der Waals surface area contributed by atoms with E-state index >= 15 is 0 Å². The largest absolute Gasteiger partial charge is 0.481 e. The van der Waals surface area contributed by atoms with Crippen molar-refractivity contribution in [2.45, 2.75) is 12.5 Å². The standard InChI is InChI=1S/C15H20N2O3/c18-15(19)12-9-14(16-10-12)11-2-1-3-13(8-11)17-4-6-20-7-5-17/h1-3,8,12,14,16H,4-7,9-10H2,(H,18,19). The molecule has 3 rings (SSSR count). The van der Waals surface area contributed by atoms with Gasteiger partial charge in [-0.2, -0.15) is 0 Å². The fourth-order valence-electron chi connectivity index (χ4n) is 2.94. The lowest BCUT2D eigenvalue weighted by atomic mass is 9.99. The summed E-state index contributed by atoms with van der Waals surface area (Å²) in [5.74, 6) is -0.976. The molecule has 5 heteroatoms. The molecule has 20 heavy (non-hydrogen) atoms. The van der Waals surface area contributed by atoms with Crippen molar-refractivity contribution in [3.63, 3.8) is 0 Å². The fraction of sp³-hybridized carbons (Fsp3) is 0.533. The Bertz CT molecular complexity index is 486. The summed E-state index contributed by atoms with van der Waals surface area (Å²) >= 11 is 0. The van der Waals surface area contributed by atoms with Crippen LogP contribution in [0, 0.1) is 5.92 Å². The van der Waals surface area contributed by atoms with Gasteiger partial charge in [0, 0.05) is 31.4 Å². The number of aliphatic carboxylic acids is 1. The fourth-order valence-corrected chi connectivity index (χ4v) is 2.94. The minimum absolute atomic E-state index is 0.150. The van der Waals surface area contributed by atoms with E-state index < -0.39 is 5.97 Å². The van der Waals surface area contributed by atoms with Gasteiger partial charge in [0.1, 0.15) is 0 Å². The molecule has 0 amide bonds. The maximum Gasteiger partial charge on any atom is 0.307 e. The van der Waals surface area contributed by atoms with Crippen LogP contribution in [0.2, 0.25) is 0 Å². The first-order valence-electron chi connectivity index (χ1n) is 7.13. The summed E-state index contributed by atoms with van der Waals surface area (Å²) in [7, 11) is 0. The second-order valence-corrected chi connectivity index (χ2v) is 5.43. The van der Waals surface area contributed by atoms with Gasteiger partial charge in [0.15, 0.2) is 0 Å². The molecule has 2 aliphatic heterocycles. The van der Waals surface area contributed by atoms with Gasteiger partial charge in [-0.25, -0.2) is 0 Å². The van der Waals surface area contributed by atoms with Crippen LogP contribution in [-0.4, -0.2) is 43.9 Å². The molecule has 2 N–H and O–H groups in total. The molecule has 2 heterocycles. The number of morpholine rings is 1. The number of ether oxygens (including phenoxy) is 1. The highest BCUT2D eigenvalue weighted by Crippen LogP contribution is 2.29. The molecule has 108 valence electrons. The maximum absolute atomic E-state index is 11.0. The smallest absolute Gasteiger partial charge is 0.307 e. The number of rotatable bonds is 3. The van der Waals surface area contributed by atoms with Gasteiger partial charge in [-0.3, -0.25) is 4.79 Å². The number of benzene rings is 1. The van der Waals surface area contributed by atoms with Crippen LogP contribution in [0.25, 0.3) is 0 Å². The summed E-state index contributed by atoms with van der Waals surface area (Å²) in [5.41, 5.74) is 2.38. The molecular weight excluding hydrogens is 256 g/mol. The Kier molecular flexibility index (Phi) is 3.89. The highest BCUT2D eigenvalue weighted by Gasteiger charge is 2.30. The summed E-state index contributed by atoms with van der Waals surface area (Å²) in [6.45, 7) is 3.93. The lowest BCUT2D eigenvalue weighted by molar-refractivity contribution is -0.141. The van der Waals surface area contributed by atoms with E-state index in [1.807, 2.05) is 0 Å². The Hall–Kier alpha value is -1.59. The molecule has 0 aromatic heterocycles. The van der Waals surface area contributed by atoms with Crippen LogP contribution in [0.1, 0.15) is 18.0 Å². The van der Waals surface area contributed by atoms with Gasteiger partial charge < -0.3 is 20.1 Å². The molecule has 2 aliphatic rings. The van der Waals surface area contributed by atoms with Crippen LogP contribution in [0.4, 0.5) is 5.69 Å². The van der Waals surface area contributed by atoms with Gasteiger partial charge >= 0.3 is 5.97 Å². The number of anilines is 1. The molecule has 0 bridgehead atoms. The van der Waals surface area contributed by atoms with E-state index in [1.165, 1.54) is 11.3 Å². The molecule has 1 aromatic carbocycles. The maximum atomic E-state index is 11.0. The topological polar surface area (TPSA) is 61.8 Å². The molecule has 2 saturated heterocycles. The van der Waals surface area contributed by atoms with Gasteiger partial charge in [0.2, 0.25) is 0 Å². The summed E-state index contributed by atoms with van der Waals surface area (Å²) < 4.78 is 5.37. The van der Waals surface area contributed by atoms with Crippen LogP contribution in [0.15, 0.2) is 24.3 Å². The summed E-state index contributed by atoms with van der Waals surface area (Å²) in [4.78, 5) is 13.3. The monoisotopic (exact) mass is 276 g/mol. The first kappa shape index (κ1) is 13.4. The van der Waals surface area contributed by atoms with Crippen LogP contribution in [0.5, 0.6) is 0 Å². The molecule has 0 radical (unpaired) electrons. The zero-order valence-corrected chi connectivity index (χ0v) is 11.4. The third-order valence-corrected chi connectivity index (χ3v) is 4.13. The van der Waals surface area contributed by atoms with E-state index in [9.17, 15) is 4.79 Å². The summed E-state index contributed by atoms with van der Waals surface area (Å²) in [6.07, 6.45) is 0.669. The van der Waals surface area contributed by atoms with E-state index in [-0.39, 0.29) is 12.0 Å². The van der Waals surface area contributed by atoms with Gasteiger partial charge in [-0.05, 0) is 24.1 Å². The van der Waals surface area contributed by atoms with Crippen molar-refractivity contribution in [2.75, 3.05) is 37.7 Å². The van der Waals surface area contributed by atoms with Gasteiger partial charge in [0.05, 0.1) is 19.1 Å². The van der Waals surface area contributed by atoms with Crippen LogP contribution in [0.3, 0.4) is 0 Å². The Morgan fingerprint density at radius 2 is 2.15 bits per heavy atom. The van der Waals surface area contributed by atoms with Crippen LogP contribution >= 0.6 is 0 Å². The van der Waals surface area contributed by atoms with Gasteiger partial charge in [0.25, 0.3) is 0 Å². The molecule has 2 atom stereocenters. The van der Waals surface area contributed by atoms with Crippen molar-refractivity contribution in [1.29, 1.82) is 0 Å². The van der Waals surface area contributed by atoms with E-state index in [0.717, 1.165) is 26.3 Å². The van der Waals surface area contributed by atoms with E-state index in [2.05, 4.69) is 34.5 Å². The number of hydrogen-bond donors (Lipinski definition) is 2. The van der Waals surface area contributed by atoms with E-state index in [0.29, 0.717) is 13.0 Å². The Balaban J connectivity index is 1.73. The lowest BCUT2D eigenvalue weighted by Crippen LogP contribution is -2.36. The predicted octanol–water partition coefficient (Wildman–Crippen LogP) is 1.26. The van der Waals surface area contributed by atoms with Crippen molar-refractivity contribution in [3.05, 3.63) is 29.8 Å². The zero-order valence-electron chi connectivity index (χ0n) is 11.4. The van der Waals surface area contributed by atoms with Crippen LogP contribution in [-0.2, 0) is 9.53 Å². The second kappa shape index (κ2) is 5.81. The minimum Gasteiger partial charge on any atom is -0.481 e. The number of carbonyl (C=O) groups is 1. The normalized spacial score (nSPS) is 26.7. The summed E-state index contributed by atoms with van der Waals surface area (Å²) in [6, 6.07) is 8.56. The highest BCUT2D eigenvalue weighted by atomic mass is 16.5. The number of nitrogens with zero attached hydrogens (tertiary/aromatic N) is 1. The van der Waals surface area contributed by atoms with Crippen molar-refractivity contribution in [1.82, 2.24) is 5.32 Å². The molecule has 1 aromatic rings. The SMILES string of the molecule is O=C(O)C1CNC(c2cccc(N3CCOCC3)c2)C1. The van der Waals surface area contributed by atoms with Crippen molar-refractivity contribution >= 4 is 11.7 Å². The predicted molar refractivity (Wildman–Crippen MR) is 76.0 cm³/mol. The number of carboxylic acids is 1. The minimum atomic E-state index is -0.704. The first-order valence-corrected chi connectivity index (χ1v) is 7.13. The molecule has 2 unspecified atom stereocenters. The molecule has 2 fully saturated rings. The third kappa shape index (κ3) is 2.78. The van der Waals surface area contributed by atoms with E-state index in [4.69, 9.17) is 9.84 Å². The van der Waals surface area contributed by atoms with Gasteiger partial charge in [-0.1, -0.05) is 12.1 Å². The first-order chi connectivity index (χ1) is 9.74. The zero-order chi connectivity index (χ0) is 13.9. The van der Waals surface area contributed by atoms with Gasteiger partial charge in [-0.15, -0.1) is 0 Å². The molecular formula is C15H20N2O3. The Morgan fingerprint density at radius 1 is 1.35 bits per heavy atom. The molecule has 0 aliphatic carbocycles. The molecule has 0 saturated carbocycles. The molecule has 5 nitrogen and oxygen atoms in total. The van der Waals surface area contributed by atoms with Crippen molar-refractivity contribution in [3.8, 4) is 0 Å². The Labute approximate surface area is 118 Å². The highest BCUT2D eigenvalue weighted by molar-refractivity contribution is 5.70. The number of nitrogens with one attached hydrogen (secondary N) is 1. The van der Waals surface area contributed by atoms with E-state index in [1.54, 1.807) is 0 Å².